The van der Waals surface area contributed by atoms with Crippen molar-refractivity contribution < 1.29 is 14.3 Å². The number of carbonyl (C=O) groups excluding carboxylic acids is 2. The fraction of sp³-hybridized carbons (Fsp3) is 0.333. The Kier molecular flexibility index (Phi) is 9.91. The molecule has 5 heteroatoms. The van der Waals surface area contributed by atoms with E-state index in [0.29, 0.717) is 38.3 Å². The van der Waals surface area contributed by atoms with Crippen LogP contribution >= 0.6 is 0 Å². The van der Waals surface area contributed by atoms with Crippen LogP contribution in [0.25, 0.3) is 0 Å². The molecular formula is C30H36N2O3. The number of aryl methyl sites for hydroxylation is 1. The zero-order valence-electron chi connectivity index (χ0n) is 20.9. The number of amides is 2. The van der Waals surface area contributed by atoms with Crippen molar-refractivity contribution in [1.82, 2.24) is 10.2 Å². The van der Waals surface area contributed by atoms with Gasteiger partial charge in [-0.15, -0.1) is 0 Å². The van der Waals surface area contributed by atoms with Gasteiger partial charge in [0.25, 0.3) is 0 Å². The highest BCUT2D eigenvalue weighted by molar-refractivity contribution is 5.88. The number of nitrogens with zero attached hydrogens (tertiary/aromatic N) is 1. The largest absolute Gasteiger partial charge is 0.497 e. The standard InChI is InChI=1S/C30H36N2O3/c1-23(2)21-31-30(34)28(20-25-12-8-5-9-13-25)32(22-26-14-17-27(35-3)18-15-26)29(33)19-16-24-10-6-4-7-11-24/h4-15,17-18,23,28H,16,19-22H2,1-3H3,(H,31,34)/t28-/m0/s1. The van der Waals surface area contributed by atoms with Gasteiger partial charge < -0.3 is 15.0 Å². The summed E-state index contributed by atoms with van der Waals surface area (Å²) in [4.78, 5) is 28.8. The van der Waals surface area contributed by atoms with Crippen LogP contribution in [0.5, 0.6) is 5.75 Å². The molecule has 0 heterocycles. The van der Waals surface area contributed by atoms with E-state index in [1.54, 1.807) is 12.0 Å². The Morgan fingerprint density at radius 1 is 0.829 bits per heavy atom. The summed E-state index contributed by atoms with van der Waals surface area (Å²) in [6, 6.07) is 26.9. The number of ether oxygens (including phenoxy) is 1. The molecule has 0 radical (unpaired) electrons. The first-order valence-electron chi connectivity index (χ1n) is 12.2. The maximum absolute atomic E-state index is 13.6. The van der Waals surface area contributed by atoms with Crippen molar-refractivity contribution in [3.05, 3.63) is 102 Å². The van der Waals surface area contributed by atoms with Gasteiger partial charge in [-0.25, -0.2) is 0 Å². The highest BCUT2D eigenvalue weighted by Crippen LogP contribution is 2.19. The van der Waals surface area contributed by atoms with Gasteiger partial charge in [-0.3, -0.25) is 9.59 Å². The molecule has 0 aliphatic heterocycles. The Hall–Kier alpha value is -3.60. The summed E-state index contributed by atoms with van der Waals surface area (Å²) in [5, 5.41) is 3.06. The molecule has 0 fully saturated rings. The average Bonchev–Trinajstić information content (AvgIpc) is 2.89. The molecule has 35 heavy (non-hydrogen) atoms. The lowest BCUT2D eigenvalue weighted by molar-refractivity contribution is -0.141. The molecule has 0 unspecified atom stereocenters. The van der Waals surface area contributed by atoms with Crippen molar-refractivity contribution in [3.8, 4) is 5.75 Å². The predicted molar refractivity (Wildman–Crippen MR) is 140 cm³/mol. The second-order valence-electron chi connectivity index (χ2n) is 9.20. The predicted octanol–water partition coefficient (Wildman–Crippen LogP) is 5.04. The Labute approximate surface area is 209 Å². The van der Waals surface area contributed by atoms with Gasteiger partial charge in [0.2, 0.25) is 11.8 Å². The summed E-state index contributed by atoms with van der Waals surface area (Å²) in [6.45, 7) is 5.04. The average molecular weight is 473 g/mol. The Bertz CT molecular complexity index is 1050. The van der Waals surface area contributed by atoms with E-state index in [0.717, 1.165) is 22.4 Å². The zero-order chi connectivity index (χ0) is 25.0. The molecule has 0 saturated heterocycles. The van der Waals surface area contributed by atoms with Crippen molar-refractivity contribution >= 4 is 11.8 Å². The molecule has 2 amide bonds. The molecule has 0 aliphatic rings. The van der Waals surface area contributed by atoms with Crippen molar-refractivity contribution in [2.45, 2.75) is 45.7 Å². The van der Waals surface area contributed by atoms with E-state index in [2.05, 4.69) is 19.2 Å². The lowest BCUT2D eigenvalue weighted by Gasteiger charge is -2.32. The number of methoxy groups -OCH3 is 1. The minimum absolute atomic E-state index is 0.0368. The first-order valence-corrected chi connectivity index (χ1v) is 12.2. The summed E-state index contributed by atoms with van der Waals surface area (Å²) >= 11 is 0. The molecule has 1 atom stereocenters. The smallest absolute Gasteiger partial charge is 0.243 e. The molecule has 3 aromatic rings. The second kappa shape index (κ2) is 13.3. The minimum Gasteiger partial charge on any atom is -0.497 e. The molecule has 0 saturated carbocycles. The van der Waals surface area contributed by atoms with Gasteiger partial charge in [0.15, 0.2) is 0 Å². The van der Waals surface area contributed by atoms with Crippen LogP contribution in [0.2, 0.25) is 0 Å². The molecule has 0 aromatic heterocycles. The number of rotatable bonds is 12. The summed E-state index contributed by atoms with van der Waals surface area (Å²) in [7, 11) is 1.63. The van der Waals surface area contributed by atoms with Crippen LogP contribution in [0, 0.1) is 5.92 Å². The van der Waals surface area contributed by atoms with Gasteiger partial charge in [0.1, 0.15) is 11.8 Å². The molecule has 0 bridgehead atoms. The van der Waals surface area contributed by atoms with Crippen LogP contribution in [0.3, 0.4) is 0 Å². The lowest BCUT2D eigenvalue weighted by atomic mass is 10.0. The quantitative estimate of drug-likeness (QED) is 0.402. The highest BCUT2D eigenvalue weighted by atomic mass is 16.5. The Morgan fingerprint density at radius 3 is 2.00 bits per heavy atom. The summed E-state index contributed by atoms with van der Waals surface area (Å²) in [6.07, 6.45) is 1.42. The van der Waals surface area contributed by atoms with Crippen LogP contribution in [0.15, 0.2) is 84.9 Å². The fourth-order valence-electron chi connectivity index (χ4n) is 3.94. The van der Waals surface area contributed by atoms with E-state index >= 15 is 0 Å². The van der Waals surface area contributed by atoms with E-state index in [1.807, 2.05) is 84.9 Å². The molecule has 0 aliphatic carbocycles. The second-order valence-corrected chi connectivity index (χ2v) is 9.20. The van der Waals surface area contributed by atoms with Crippen molar-refractivity contribution in [2.75, 3.05) is 13.7 Å². The van der Waals surface area contributed by atoms with Gasteiger partial charge in [-0.1, -0.05) is 86.6 Å². The molecule has 3 rings (SSSR count). The first kappa shape index (κ1) is 26.0. The Morgan fingerprint density at radius 2 is 1.43 bits per heavy atom. The maximum Gasteiger partial charge on any atom is 0.243 e. The lowest BCUT2D eigenvalue weighted by Crippen LogP contribution is -2.51. The van der Waals surface area contributed by atoms with Crippen LogP contribution in [0.1, 0.15) is 37.0 Å². The number of carbonyl (C=O) groups is 2. The number of hydrogen-bond donors (Lipinski definition) is 1. The Balaban J connectivity index is 1.89. The maximum atomic E-state index is 13.6. The van der Waals surface area contributed by atoms with Crippen molar-refractivity contribution in [1.29, 1.82) is 0 Å². The highest BCUT2D eigenvalue weighted by Gasteiger charge is 2.30. The van der Waals surface area contributed by atoms with Crippen LogP contribution in [0.4, 0.5) is 0 Å². The zero-order valence-corrected chi connectivity index (χ0v) is 20.9. The van der Waals surface area contributed by atoms with Crippen LogP contribution in [-0.2, 0) is 29.0 Å². The van der Waals surface area contributed by atoms with Gasteiger partial charge in [0, 0.05) is 25.9 Å². The molecule has 1 N–H and O–H groups in total. The minimum atomic E-state index is -0.610. The first-order chi connectivity index (χ1) is 17.0. The SMILES string of the molecule is COc1ccc(CN(C(=O)CCc2ccccc2)[C@@H](Cc2ccccc2)C(=O)NCC(C)C)cc1. The van der Waals surface area contributed by atoms with E-state index in [1.165, 1.54) is 0 Å². The van der Waals surface area contributed by atoms with E-state index in [-0.39, 0.29) is 11.8 Å². The molecule has 0 spiro atoms. The van der Waals surface area contributed by atoms with Gasteiger partial charge in [-0.2, -0.15) is 0 Å². The van der Waals surface area contributed by atoms with Crippen LogP contribution in [-0.4, -0.2) is 36.4 Å². The molecule has 3 aromatic carbocycles. The van der Waals surface area contributed by atoms with Gasteiger partial charge >= 0.3 is 0 Å². The fourth-order valence-corrected chi connectivity index (χ4v) is 3.94. The van der Waals surface area contributed by atoms with Crippen molar-refractivity contribution in [3.63, 3.8) is 0 Å². The molecule has 184 valence electrons. The van der Waals surface area contributed by atoms with Gasteiger partial charge in [-0.05, 0) is 41.2 Å². The monoisotopic (exact) mass is 472 g/mol. The third-order valence-electron chi connectivity index (χ3n) is 5.94. The molecular weight excluding hydrogens is 436 g/mol. The van der Waals surface area contributed by atoms with E-state index < -0.39 is 6.04 Å². The third-order valence-corrected chi connectivity index (χ3v) is 5.94. The summed E-state index contributed by atoms with van der Waals surface area (Å²) in [5.74, 6) is 0.917. The summed E-state index contributed by atoms with van der Waals surface area (Å²) < 4.78 is 5.28. The molecule has 5 nitrogen and oxygen atoms in total. The number of benzene rings is 3. The third kappa shape index (κ3) is 8.29. The van der Waals surface area contributed by atoms with E-state index in [9.17, 15) is 9.59 Å². The van der Waals surface area contributed by atoms with Crippen LogP contribution < -0.4 is 10.1 Å². The van der Waals surface area contributed by atoms with Gasteiger partial charge in [0.05, 0.1) is 7.11 Å². The number of nitrogens with one attached hydrogen (secondary N) is 1. The van der Waals surface area contributed by atoms with E-state index in [4.69, 9.17) is 4.74 Å². The normalized spacial score (nSPS) is 11.7. The number of hydrogen-bond acceptors (Lipinski definition) is 3. The topological polar surface area (TPSA) is 58.6 Å². The van der Waals surface area contributed by atoms with Crippen molar-refractivity contribution in [2.24, 2.45) is 5.92 Å². The summed E-state index contributed by atoms with van der Waals surface area (Å²) in [5.41, 5.74) is 3.08.